The summed E-state index contributed by atoms with van der Waals surface area (Å²) in [6, 6.07) is 14.2. The maximum atomic E-state index is 10.1. The molecule has 0 amide bonds. The van der Waals surface area contributed by atoms with Gasteiger partial charge in [0.2, 0.25) is 0 Å². The van der Waals surface area contributed by atoms with Crippen molar-refractivity contribution in [3.63, 3.8) is 0 Å². The van der Waals surface area contributed by atoms with Crippen LogP contribution in [-0.4, -0.2) is 50.5 Å². The number of hydrogen-bond acceptors (Lipinski definition) is 4. The second-order valence-corrected chi connectivity index (χ2v) is 6.03. The lowest BCUT2D eigenvalue weighted by atomic mass is 10.2. The van der Waals surface area contributed by atoms with Crippen LogP contribution in [0.25, 0.3) is 0 Å². The van der Waals surface area contributed by atoms with Crippen LogP contribution < -0.4 is 9.80 Å². The molecule has 0 unspecified atom stereocenters. The lowest BCUT2D eigenvalue weighted by Crippen LogP contribution is -3.16. The average molecular weight is 317 g/mol. The number of quaternary nitrogens is 1. The Kier molecular flexibility index (Phi) is 5.69. The maximum Gasteiger partial charge on any atom is 0.129 e. The third kappa shape index (κ3) is 4.82. The summed E-state index contributed by atoms with van der Waals surface area (Å²) < 4.78 is 10.7. The fourth-order valence-corrected chi connectivity index (χ4v) is 3.01. The zero-order valence-corrected chi connectivity index (χ0v) is 13.4. The largest absolute Gasteiger partial charge is 0.467 e. The van der Waals surface area contributed by atoms with Gasteiger partial charge in [0.25, 0.3) is 0 Å². The average Bonchev–Trinajstić information content (AvgIpc) is 3.10. The summed E-state index contributed by atoms with van der Waals surface area (Å²) >= 11 is 0. The number of nitrogens with one attached hydrogen (secondary N) is 1. The first kappa shape index (κ1) is 16.1. The van der Waals surface area contributed by atoms with E-state index in [4.69, 9.17) is 9.15 Å². The molecular formula is C18H25N2O3+. The van der Waals surface area contributed by atoms with E-state index < -0.39 is 6.10 Å². The highest BCUT2D eigenvalue weighted by molar-refractivity contribution is 5.45. The van der Waals surface area contributed by atoms with E-state index in [1.165, 1.54) is 10.6 Å². The molecule has 2 aromatic rings. The minimum Gasteiger partial charge on any atom is -0.467 e. The van der Waals surface area contributed by atoms with Gasteiger partial charge in [-0.2, -0.15) is 0 Å². The molecule has 124 valence electrons. The number of hydrogen-bond donors (Lipinski definition) is 2. The molecule has 1 aromatic heterocycles. The number of benzene rings is 1. The predicted octanol–water partition coefficient (Wildman–Crippen LogP) is 0.562. The van der Waals surface area contributed by atoms with E-state index in [2.05, 4.69) is 29.2 Å². The number of aliphatic hydroxyl groups excluding tert-OH is 1. The third-order valence-electron chi connectivity index (χ3n) is 4.25. The van der Waals surface area contributed by atoms with E-state index in [0.29, 0.717) is 13.2 Å². The Morgan fingerprint density at radius 1 is 1.13 bits per heavy atom. The standard InChI is InChI=1S/C18H24N2O3/c21-17(14-22-15-18-7-4-12-23-18)13-19-8-10-20(11-9-19)16-5-2-1-3-6-16/h1-7,12,17,21H,8-11,13-15H2/p+1/t17-/m1/s1. The van der Waals surface area contributed by atoms with Crippen LogP contribution in [0.4, 0.5) is 5.69 Å². The van der Waals surface area contributed by atoms with Crippen LogP contribution in [0, 0.1) is 0 Å². The highest BCUT2D eigenvalue weighted by Crippen LogP contribution is 2.12. The molecule has 2 N–H and O–H groups in total. The van der Waals surface area contributed by atoms with Gasteiger partial charge in [-0.15, -0.1) is 0 Å². The number of rotatable bonds is 7. The van der Waals surface area contributed by atoms with Crippen molar-refractivity contribution in [1.29, 1.82) is 0 Å². The van der Waals surface area contributed by atoms with Gasteiger partial charge in [-0.05, 0) is 24.3 Å². The molecule has 5 heteroatoms. The molecule has 0 saturated carbocycles. The van der Waals surface area contributed by atoms with Crippen LogP contribution in [0.5, 0.6) is 0 Å². The number of aliphatic hydroxyl groups is 1. The van der Waals surface area contributed by atoms with Crippen LogP contribution in [0.15, 0.2) is 53.1 Å². The molecular weight excluding hydrogens is 292 g/mol. The SMILES string of the molecule is O[C@@H](COCc1ccco1)C[NH+]1CCN(c2ccccc2)CC1. The van der Waals surface area contributed by atoms with Crippen LogP contribution in [0.3, 0.4) is 0 Å². The van der Waals surface area contributed by atoms with E-state index in [1.54, 1.807) is 6.26 Å². The molecule has 2 heterocycles. The molecule has 5 nitrogen and oxygen atoms in total. The summed E-state index contributed by atoms with van der Waals surface area (Å²) in [6.45, 7) is 5.65. The lowest BCUT2D eigenvalue weighted by molar-refractivity contribution is -0.903. The van der Waals surface area contributed by atoms with Gasteiger partial charge < -0.3 is 24.1 Å². The van der Waals surface area contributed by atoms with Crippen molar-refractivity contribution < 1.29 is 19.2 Å². The normalized spacial score (nSPS) is 17.3. The first-order valence-corrected chi connectivity index (χ1v) is 8.23. The van der Waals surface area contributed by atoms with Crippen molar-refractivity contribution in [2.24, 2.45) is 0 Å². The Hall–Kier alpha value is -1.82. The zero-order chi connectivity index (χ0) is 15.9. The van der Waals surface area contributed by atoms with Crippen molar-refractivity contribution in [2.45, 2.75) is 12.7 Å². The summed E-state index contributed by atoms with van der Waals surface area (Å²) in [5, 5.41) is 10.1. The minimum absolute atomic E-state index is 0.354. The molecule has 23 heavy (non-hydrogen) atoms. The van der Waals surface area contributed by atoms with Crippen molar-refractivity contribution in [2.75, 3.05) is 44.2 Å². The molecule has 1 saturated heterocycles. The molecule has 1 atom stereocenters. The van der Waals surface area contributed by atoms with Crippen LogP contribution in [0.2, 0.25) is 0 Å². The molecule has 0 radical (unpaired) electrons. The number of nitrogens with zero attached hydrogens (tertiary/aromatic N) is 1. The van der Waals surface area contributed by atoms with E-state index in [-0.39, 0.29) is 0 Å². The molecule has 3 rings (SSSR count). The fraction of sp³-hybridized carbons (Fsp3) is 0.444. The third-order valence-corrected chi connectivity index (χ3v) is 4.25. The van der Waals surface area contributed by atoms with Crippen LogP contribution in [0.1, 0.15) is 5.76 Å². The van der Waals surface area contributed by atoms with Gasteiger partial charge in [0, 0.05) is 5.69 Å². The van der Waals surface area contributed by atoms with E-state index in [9.17, 15) is 5.11 Å². The highest BCUT2D eigenvalue weighted by atomic mass is 16.5. The predicted molar refractivity (Wildman–Crippen MR) is 88.6 cm³/mol. The summed E-state index contributed by atoms with van der Waals surface area (Å²) in [5.74, 6) is 0.793. The van der Waals surface area contributed by atoms with Gasteiger partial charge in [0.05, 0.1) is 39.0 Å². The molecule has 1 aliphatic heterocycles. The summed E-state index contributed by atoms with van der Waals surface area (Å²) in [7, 11) is 0. The Balaban J connectivity index is 1.35. The monoisotopic (exact) mass is 317 g/mol. The van der Waals surface area contributed by atoms with Gasteiger partial charge >= 0.3 is 0 Å². The summed E-state index contributed by atoms with van der Waals surface area (Å²) in [6.07, 6.45) is 1.20. The second-order valence-electron chi connectivity index (χ2n) is 6.03. The Labute approximate surface area is 137 Å². The fourth-order valence-electron chi connectivity index (χ4n) is 3.01. The van der Waals surface area contributed by atoms with Crippen LogP contribution >= 0.6 is 0 Å². The molecule has 0 bridgehead atoms. The zero-order valence-electron chi connectivity index (χ0n) is 13.4. The Morgan fingerprint density at radius 3 is 2.61 bits per heavy atom. The van der Waals surface area contributed by atoms with Gasteiger partial charge in [0.1, 0.15) is 25.0 Å². The van der Waals surface area contributed by atoms with Gasteiger partial charge in [-0.25, -0.2) is 0 Å². The quantitative estimate of drug-likeness (QED) is 0.784. The molecule has 1 aliphatic rings. The van der Waals surface area contributed by atoms with Gasteiger partial charge in [-0.1, -0.05) is 18.2 Å². The Bertz CT molecular complexity index is 551. The molecule has 1 fully saturated rings. The smallest absolute Gasteiger partial charge is 0.129 e. The van der Waals surface area contributed by atoms with E-state index >= 15 is 0 Å². The topological polar surface area (TPSA) is 50.3 Å². The Morgan fingerprint density at radius 2 is 1.91 bits per heavy atom. The summed E-state index contributed by atoms with van der Waals surface area (Å²) in [5.41, 5.74) is 1.29. The number of anilines is 1. The van der Waals surface area contributed by atoms with E-state index in [0.717, 1.165) is 38.5 Å². The summed E-state index contributed by atoms with van der Waals surface area (Å²) in [4.78, 5) is 3.84. The van der Waals surface area contributed by atoms with Crippen molar-refractivity contribution in [1.82, 2.24) is 0 Å². The number of furan rings is 1. The first-order chi connectivity index (χ1) is 11.3. The van der Waals surface area contributed by atoms with Crippen molar-refractivity contribution in [3.05, 3.63) is 54.5 Å². The number of ether oxygens (including phenoxy) is 1. The molecule has 0 aliphatic carbocycles. The van der Waals surface area contributed by atoms with Crippen molar-refractivity contribution in [3.8, 4) is 0 Å². The maximum absolute atomic E-state index is 10.1. The van der Waals surface area contributed by atoms with Crippen LogP contribution in [-0.2, 0) is 11.3 Å². The van der Waals surface area contributed by atoms with Gasteiger partial charge in [0.15, 0.2) is 0 Å². The van der Waals surface area contributed by atoms with Gasteiger partial charge in [-0.3, -0.25) is 0 Å². The first-order valence-electron chi connectivity index (χ1n) is 8.23. The highest BCUT2D eigenvalue weighted by Gasteiger charge is 2.22. The number of para-hydroxylation sites is 1. The molecule has 1 aromatic carbocycles. The second kappa shape index (κ2) is 8.15. The molecule has 0 spiro atoms. The van der Waals surface area contributed by atoms with Crippen molar-refractivity contribution >= 4 is 5.69 Å². The lowest BCUT2D eigenvalue weighted by Gasteiger charge is -2.34. The minimum atomic E-state index is -0.428. The number of piperazine rings is 1. The van der Waals surface area contributed by atoms with E-state index in [1.807, 2.05) is 18.2 Å².